The van der Waals surface area contributed by atoms with E-state index in [1.165, 1.54) is 0 Å². The monoisotopic (exact) mass is 274 g/mol. The molecular formula is C16H22N2O2. The van der Waals surface area contributed by atoms with Crippen molar-refractivity contribution in [2.24, 2.45) is 0 Å². The summed E-state index contributed by atoms with van der Waals surface area (Å²) in [5.74, 6) is 0.795. The molecule has 20 heavy (non-hydrogen) atoms. The Morgan fingerprint density at radius 1 is 1.25 bits per heavy atom. The normalized spacial score (nSPS) is 11.6. The van der Waals surface area contributed by atoms with Crippen LogP contribution in [0.2, 0.25) is 0 Å². The Hall–Kier alpha value is -1.81. The van der Waals surface area contributed by atoms with Gasteiger partial charge in [0.2, 0.25) is 0 Å². The number of ether oxygens (including phenoxy) is 1. The van der Waals surface area contributed by atoms with Crippen LogP contribution in [0.25, 0.3) is 5.69 Å². The summed E-state index contributed by atoms with van der Waals surface area (Å²) in [6, 6.07) is 9.85. The summed E-state index contributed by atoms with van der Waals surface area (Å²) < 4.78 is 7.44. The molecule has 0 unspecified atom stereocenters. The van der Waals surface area contributed by atoms with Gasteiger partial charge in [-0.05, 0) is 18.2 Å². The third kappa shape index (κ3) is 3.61. The van der Waals surface area contributed by atoms with Gasteiger partial charge in [-0.15, -0.1) is 0 Å². The SMILES string of the molecule is CC(C)(C)c1ccn(-c2cccc(OCCCO)c2)n1. The van der Waals surface area contributed by atoms with Crippen LogP contribution >= 0.6 is 0 Å². The van der Waals surface area contributed by atoms with Crippen molar-refractivity contribution < 1.29 is 9.84 Å². The van der Waals surface area contributed by atoms with Crippen LogP contribution in [-0.4, -0.2) is 28.1 Å². The van der Waals surface area contributed by atoms with Crippen molar-refractivity contribution >= 4 is 0 Å². The van der Waals surface area contributed by atoms with E-state index in [1.54, 1.807) is 0 Å². The van der Waals surface area contributed by atoms with Gasteiger partial charge in [-0.2, -0.15) is 5.10 Å². The molecule has 1 aromatic heterocycles. The Labute approximate surface area is 120 Å². The first-order chi connectivity index (χ1) is 9.50. The maximum absolute atomic E-state index is 8.76. The Morgan fingerprint density at radius 2 is 2.05 bits per heavy atom. The van der Waals surface area contributed by atoms with E-state index in [2.05, 4.69) is 25.9 Å². The summed E-state index contributed by atoms with van der Waals surface area (Å²) >= 11 is 0. The minimum atomic E-state index is 0.0421. The average molecular weight is 274 g/mol. The Kier molecular flexibility index (Phi) is 4.45. The lowest BCUT2D eigenvalue weighted by molar-refractivity contribution is 0.233. The molecule has 0 saturated heterocycles. The smallest absolute Gasteiger partial charge is 0.121 e. The largest absolute Gasteiger partial charge is 0.493 e. The minimum absolute atomic E-state index is 0.0421. The quantitative estimate of drug-likeness (QED) is 0.853. The lowest BCUT2D eigenvalue weighted by Crippen LogP contribution is -2.12. The van der Waals surface area contributed by atoms with E-state index in [1.807, 2.05) is 41.2 Å². The van der Waals surface area contributed by atoms with Crippen LogP contribution in [0.3, 0.4) is 0 Å². The van der Waals surface area contributed by atoms with Crippen LogP contribution in [0.5, 0.6) is 5.75 Å². The lowest BCUT2D eigenvalue weighted by atomic mass is 9.93. The van der Waals surface area contributed by atoms with Gasteiger partial charge in [0.1, 0.15) is 5.75 Å². The molecule has 4 nitrogen and oxygen atoms in total. The molecule has 0 aliphatic carbocycles. The highest BCUT2D eigenvalue weighted by Crippen LogP contribution is 2.22. The van der Waals surface area contributed by atoms with Crippen LogP contribution < -0.4 is 4.74 Å². The molecule has 0 bridgehead atoms. The third-order valence-electron chi connectivity index (χ3n) is 3.01. The molecule has 1 heterocycles. The van der Waals surface area contributed by atoms with Crippen molar-refractivity contribution in [3.63, 3.8) is 0 Å². The van der Waals surface area contributed by atoms with E-state index in [4.69, 9.17) is 9.84 Å². The number of hydrogen-bond acceptors (Lipinski definition) is 3. The summed E-state index contributed by atoms with van der Waals surface area (Å²) in [7, 11) is 0. The Bertz CT molecular complexity index is 556. The molecule has 0 radical (unpaired) electrons. The van der Waals surface area contributed by atoms with Gasteiger partial charge in [0.25, 0.3) is 0 Å². The fraction of sp³-hybridized carbons (Fsp3) is 0.438. The van der Waals surface area contributed by atoms with Gasteiger partial charge in [-0.25, -0.2) is 4.68 Å². The molecule has 0 saturated carbocycles. The minimum Gasteiger partial charge on any atom is -0.493 e. The summed E-state index contributed by atoms with van der Waals surface area (Å²) in [5, 5.41) is 13.4. The predicted octanol–water partition coefficient (Wildman–Crippen LogP) is 2.93. The van der Waals surface area contributed by atoms with E-state index in [0.29, 0.717) is 13.0 Å². The molecule has 0 aliphatic heterocycles. The van der Waals surface area contributed by atoms with Crippen LogP contribution in [0.4, 0.5) is 0 Å². The summed E-state index contributed by atoms with van der Waals surface area (Å²) in [5.41, 5.74) is 2.08. The highest BCUT2D eigenvalue weighted by Gasteiger charge is 2.17. The maximum atomic E-state index is 8.76. The van der Waals surface area contributed by atoms with Crippen LogP contribution in [0.15, 0.2) is 36.5 Å². The zero-order valence-corrected chi connectivity index (χ0v) is 12.3. The number of nitrogens with zero attached hydrogens (tertiary/aromatic N) is 2. The molecule has 1 aromatic carbocycles. The number of aliphatic hydroxyl groups excluding tert-OH is 1. The second-order valence-corrected chi connectivity index (χ2v) is 5.82. The highest BCUT2D eigenvalue weighted by molar-refractivity contribution is 5.39. The Morgan fingerprint density at radius 3 is 2.70 bits per heavy atom. The zero-order valence-electron chi connectivity index (χ0n) is 12.3. The van der Waals surface area contributed by atoms with Gasteiger partial charge in [-0.3, -0.25) is 0 Å². The average Bonchev–Trinajstić information content (AvgIpc) is 2.89. The van der Waals surface area contributed by atoms with Gasteiger partial charge < -0.3 is 9.84 Å². The maximum Gasteiger partial charge on any atom is 0.121 e. The van der Waals surface area contributed by atoms with E-state index in [0.717, 1.165) is 17.1 Å². The molecule has 108 valence electrons. The molecule has 2 aromatic rings. The van der Waals surface area contributed by atoms with Crippen LogP contribution in [0, 0.1) is 0 Å². The van der Waals surface area contributed by atoms with Crippen LogP contribution in [0.1, 0.15) is 32.9 Å². The molecule has 1 N–H and O–H groups in total. The fourth-order valence-corrected chi connectivity index (χ4v) is 1.84. The second kappa shape index (κ2) is 6.09. The van der Waals surface area contributed by atoms with Gasteiger partial charge in [0.15, 0.2) is 0 Å². The fourth-order valence-electron chi connectivity index (χ4n) is 1.84. The molecule has 0 fully saturated rings. The van der Waals surface area contributed by atoms with E-state index in [9.17, 15) is 0 Å². The van der Waals surface area contributed by atoms with E-state index < -0.39 is 0 Å². The molecule has 0 aliphatic rings. The van der Waals surface area contributed by atoms with Crippen molar-refractivity contribution in [2.75, 3.05) is 13.2 Å². The number of hydrogen-bond donors (Lipinski definition) is 1. The van der Waals surface area contributed by atoms with Crippen molar-refractivity contribution in [2.45, 2.75) is 32.6 Å². The van der Waals surface area contributed by atoms with Crippen molar-refractivity contribution in [1.29, 1.82) is 0 Å². The van der Waals surface area contributed by atoms with Gasteiger partial charge in [0.05, 0.1) is 18.0 Å². The molecular weight excluding hydrogens is 252 g/mol. The molecule has 4 heteroatoms. The first-order valence-corrected chi connectivity index (χ1v) is 6.91. The van der Waals surface area contributed by atoms with E-state index in [-0.39, 0.29) is 12.0 Å². The number of aromatic nitrogens is 2. The summed E-state index contributed by atoms with van der Waals surface area (Å²) in [6.45, 7) is 7.11. The van der Waals surface area contributed by atoms with Crippen molar-refractivity contribution in [1.82, 2.24) is 9.78 Å². The van der Waals surface area contributed by atoms with Crippen molar-refractivity contribution in [3.05, 3.63) is 42.2 Å². The highest BCUT2D eigenvalue weighted by atomic mass is 16.5. The lowest BCUT2D eigenvalue weighted by Gasteiger charge is -2.14. The van der Waals surface area contributed by atoms with Gasteiger partial charge in [0, 0.05) is 30.7 Å². The standard InChI is InChI=1S/C16H22N2O2/c1-16(2,3)15-8-9-18(17-15)13-6-4-7-14(12-13)20-11-5-10-19/h4,6-9,12,19H,5,10-11H2,1-3H3. The first-order valence-electron chi connectivity index (χ1n) is 6.91. The van der Waals surface area contributed by atoms with Gasteiger partial charge >= 0.3 is 0 Å². The second-order valence-electron chi connectivity index (χ2n) is 5.82. The predicted molar refractivity (Wildman–Crippen MR) is 79.5 cm³/mol. The molecule has 0 atom stereocenters. The molecule has 0 amide bonds. The summed E-state index contributed by atoms with van der Waals surface area (Å²) in [6.07, 6.45) is 2.60. The molecule has 0 spiro atoms. The Balaban J connectivity index is 2.16. The third-order valence-corrected chi connectivity index (χ3v) is 3.01. The van der Waals surface area contributed by atoms with Crippen molar-refractivity contribution in [3.8, 4) is 11.4 Å². The first kappa shape index (κ1) is 14.6. The zero-order chi connectivity index (χ0) is 14.6. The van der Waals surface area contributed by atoms with Crippen LogP contribution in [-0.2, 0) is 5.41 Å². The number of aliphatic hydroxyl groups is 1. The van der Waals surface area contributed by atoms with Gasteiger partial charge in [-0.1, -0.05) is 26.8 Å². The van der Waals surface area contributed by atoms with E-state index >= 15 is 0 Å². The summed E-state index contributed by atoms with van der Waals surface area (Å²) in [4.78, 5) is 0. The number of rotatable bonds is 5. The molecule has 2 rings (SSSR count). The number of benzene rings is 1. The topological polar surface area (TPSA) is 47.3 Å².